The summed E-state index contributed by atoms with van der Waals surface area (Å²) in [4.78, 5) is 23.1. The molecule has 0 saturated heterocycles. The van der Waals surface area contributed by atoms with E-state index in [4.69, 9.17) is 0 Å². The number of ether oxygens (including phenoxy) is 1. The highest BCUT2D eigenvalue weighted by Crippen LogP contribution is 2.08. The molecule has 0 saturated carbocycles. The number of esters is 1. The molecular weight excluding hydrogens is 294 g/mol. The number of hydrogen-bond acceptors (Lipinski definition) is 5. The lowest BCUT2D eigenvalue weighted by atomic mass is 10.1. The second-order valence-corrected chi connectivity index (χ2v) is 6.59. The summed E-state index contributed by atoms with van der Waals surface area (Å²) in [6.07, 6.45) is 1.87. The van der Waals surface area contributed by atoms with E-state index in [2.05, 4.69) is 4.74 Å². The molecule has 1 aromatic carbocycles. The molecule has 0 unspecified atom stereocenters. The highest BCUT2D eigenvalue weighted by atomic mass is 32.2. The molecule has 116 valence electrons. The average Bonchev–Trinajstić information content (AvgIpc) is 2.46. The van der Waals surface area contributed by atoms with E-state index in [0.717, 1.165) is 32.4 Å². The molecule has 0 aliphatic carbocycles. The van der Waals surface area contributed by atoms with Crippen molar-refractivity contribution in [3.8, 4) is 0 Å². The largest absolute Gasteiger partial charge is 0.468 e. The standard InChI is InChI=1S/C14H19NO5S/c1-4-5-11-6-8-12(9-7-11)13(16)15-21(18,19)10(2)14(17)20-3/h6-10H,4-5H2,1-3H3,(H,15,16)/t10-/m1/s1. The first-order chi connectivity index (χ1) is 9.81. The number of methoxy groups -OCH3 is 1. The van der Waals surface area contributed by atoms with Crippen molar-refractivity contribution in [2.75, 3.05) is 7.11 Å². The fourth-order valence-electron chi connectivity index (χ4n) is 1.68. The smallest absolute Gasteiger partial charge is 0.325 e. The Morgan fingerprint density at radius 2 is 1.81 bits per heavy atom. The van der Waals surface area contributed by atoms with E-state index in [-0.39, 0.29) is 5.56 Å². The monoisotopic (exact) mass is 313 g/mol. The van der Waals surface area contributed by atoms with Gasteiger partial charge in [0.05, 0.1) is 7.11 Å². The zero-order valence-corrected chi connectivity index (χ0v) is 13.1. The fraction of sp³-hybridized carbons (Fsp3) is 0.429. The molecule has 0 heterocycles. The van der Waals surface area contributed by atoms with Gasteiger partial charge in [-0.25, -0.2) is 13.1 Å². The Morgan fingerprint density at radius 3 is 2.29 bits per heavy atom. The van der Waals surface area contributed by atoms with Crippen LogP contribution in [0, 0.1) is 0 Å². The Morgan fingerprint density at radius 1 is 1.24 bits per heavy atom. The molecule has 1 aromatic rings. The molecule has 0 fully saturated rings. The van der Waals surface area contributed by atoms with Crippen molar-refractivity contribution < 1.29 is 22.7 Å². The first kappa shape index (κ1) is 17.2. The number of hydrogen-bond donors (Lipinski definition) is 1. The second-order valence-electron chi connectivity index (χ2n) is 4.59. The van der Waals surface area contributed by atoms with Crippen LogP contribution in [-0.2, 0) is 26.0 Å². The average molecular weight is 313 g/mol. The van der Waals surface area contributed by atoms with Gasteiger partial charge in [-0.2, -0.15) is 0 Å². The molecule has 6 nitrogen and oxygen atoms in total. The quantitative estimate of drug-likeness (QED) is 0.799. The maximum Gasteiger partial charge on any atom is 0.325 e. The van der Waals surface area contributed by atoms with Gasteiger partial charge >= 0.3 is 5.97 Å². The zero-order valence-electron chi connectivity index (χ0n) is 12.3. The van der Waals surface area contributed by atoms with Crippen LogP contribution >= 0.6 is 0 Å². The number of amides is 1. The van der Waals surface area contributed by atoms with Crippen LogP contribution < -0.4 is 4.72 Å². The number of benzene rings is 1. The van der Waals surface area contributed by atoms with Gasteiger partial charge in [-0.15, -0.1) is 0 Å². The summed E-state index contributed by atoms with van der Waals surface area (Å²) in [6, 6.07) is 6.65. The van der Waals surface area contributed by atoms with Gasteiger partial charge in [0.25, 0.3) is 5.91 Å². The number of rotatable bonds is 6. The van der Waals surface area contributed by atoms with E-state index in [1.54, 1.807) is 24.3 Å². The maximum absolute atomic E-state index is 11.9. The number of carbonyl (C=O) groups excluding carboxylic acids is 2. The highest BCUT2D eigenvalue weighted by Gasteiger charge is 2.30. The summed E-state index contributed by atoms with van der Waals surface area (Å²) in [6.45, 7) is 3.20. The van der Waals surface area contributed by atoms with E-state index in [1.807, 2.05) is 11.6 Å². The van der Waals surface area contributed by atoms with Crippen LogP contribution in [0.25, 0.3) is 0 Å². The molecule has 1 N–H and O–H groups in total. The van der Waals surface area contributed by atoms with Crippen molar-refractivity contribution in [1.29, 1.82) is 0 Å². The Kier molecular flexibility index (Phi) is 5.90. The van der Waals surface area contributed by atoms with Crippen molar-refractivity contribution in [3.63, 3.8) is 0 Å². The number of aryl methyl sites for hydroxylation is 1. The van der Waals surface area contributed by atoms with Crippen LogP contribution in [0.3, 0.4) is 0 Å². The number of sulfonamides is 1. The van der Waals surface area contributed by atoms with Crippen LogP contribution in [0.4, 0.5) is 0 Å². The van der Waals surface area contributed by atoms with Crippen molar-refractivity contribution in [3.05, 3.63) is 35.4 Å². The molecule has 0 aliphatic rings. The summed E-state index contributed by atoms with van der Waals surface area (Å²) in [7, 11) is -3.03. The molecule has 1 rings (SSSR count). The summed E-state index contributed by atoms with van der Waals surface area (Å²) in [5, 5.41) is -1.45. The molecule has 1 amide bonds. The van der Waals surface area contributed by atoms with E-state index in [1.165, 1.54) is 0 Å². The Balaban J connectivity index is 2.83. The van der Waals surface area contributed by atoms with Crippen LogP contribution in [0.2, 0.25) is 0 Å². The van der Waals surface area contributed by atoms with Gasteiger partial charge < -0.3 is 4.74 Å². The summed E-state index contributed by atoms with van der Waals surface area (Å²) in [5.41, 5.74) is 1.29. The molecule has 0 radical (unpaired) electrons. The Hall–Kier alpha value is -1.89. The van der Waals surface area contributed by atoms with Gasteiger partial charge in [0.15, 0.2) is 5.25 Å². The van der Waals surface area contributed by atoms with Gasteiger partial charge in [-0.05, 0) is 31.0 Å². The topological polar surface area (TPSA) is 89.5 Å². The second kappa shape index (κ2) is 7.21. The predicted octanol–water partition coefficient (Wildman–Crippen LogP) is 1.26. The molecule has 0 aliphatic heterocycles. The van der Waals surface area contributed by atoms with Crippen molar-refractivity contribution >= 4 is 21.9 Å². The van der Waals surface area contributed by atoms with E-state index < -0.39 is 27.1 Å². The molecule has 0 spiro atoms. The van der Waals surface area contributed by atoms with Gasteiger partial charge in [0.2, 0.25) is 10.0 Å². The summed E-state index contributed by atoms with van der Waals surface area (Å²) in [5.74, 6) is -1.69. The van der Waals surface area contributed by atoms with Crippen molar-refractivity contribution in [1.82, 2.24) is 4.72 Å². The summed E-state index contributed by atoms with van der Waals surface area (Å²) < 4.78 is 29.9. The minimum Gasteiger partial charge on any atom is -0.468 e. The molecular formula is C14H19NO5S. The predicted molar refractivity (Wildman–Crippen MR) is 78.3 cm³/mol. The van der Waals surface area contributed by atoms with Crippen LogP contribution in [0.1, 0.15) is 36.2 Å². The van der Waals surface area contributed by atoms with Crippen LogP contribution in [-0.4, -0.2) is 32.7 Å². The molecule has 21 heavy (non-hydrogen) atoms. The SMILES string of the molecule is CCCc1ccc(C(=O)NS(=O)(=O)[C@H](C)C(=O)OC)cc1. The first-order valence-corrected chi connectivity index (χ1v) is 8.09. The normalized spacial score (nSPS) is 12.5. The van der Waals surface area contributed by atoms with E-state index >= 15 is 0 Å². The van der Waals surface area contributed by atoms with E-state index in [9.17, 15) is 18.0 Å². The number of nitrogens with one attached hydrogen (secondary N) is 1. The van der Waals surface area contributed by atoms with Crippen molar-refractivity contribution in [2.45, 2.75) is 31.9 Å². The third-order valence-electron chi connectivity index (χ3n) is 2.99. The lowest BCUT2D eigenvalue weighted by molar-refractivity contribution is -0.139. The van der Waals surface area contributed by atoms with Crippen LogP contribution in [0.5, 0.6) is 0 Å². The number of carbonyl (C=O) groups is 2. The first-order valence-electron chi connectivity index (χ1n) is 6.54. The van der Waals surface area contributed by atoms with Gasteiger partial charge in [-0.1, -0.05) is 25.5 Å². The third-order valence-corrected chi connectivity index (χ3v) is 4.58. The minimum absolute atomic E-state index is 0.218. The van der Waals surface area contributed by atoms with Crippen molar-refractivity contribution in [2.24, 2.45) is 0 Å². The van der Waals surface area contributed by atoms with Gasteiger partial charge in [0.1, 0.15) is 0 Å². The molecule has 1 atom stereocenters. The maximum atomic E-state index is 11.9. The third kappa shape index (κ3) is 4.56. The molecule has 0 bridgehead atoms. The Labute approximate surface area is 124 Å². The van der Waals surface area contributed by atoms with E-state index in [0.29, 0.717) is 0 Å². The summed E-state index contributed by atoms with van der Waals surface area (Å²) >= 11 is 0. The lowest BCUT2D eigenvalue weighted by Crippen LogP contribution is -2.41. The minimum atomic E-state index is -4.11. The Bertz CT molecular complexity index is 607. The van der Waals surface area contributed by atoms with Gasteiger partial charge in [-0.3, -0.25) is 9.59 Å². The fourth-order valence-corrected chi connectivity index (χ4v) is 2.58. The van der Waals surface area contributed by atoms with Gasteiger partial charge in [0, 0.05) is 5.56 Å². The highest BCUT2D eigenvalue weighted by molar-refractivity contribution is 7.91. The lowest BCUT2D eigenvalue weighted by Gasteiger charge is -2.12. The molecule has 0 aromatic heterocycles. The zero-order chi connectivity index (χ0) is 16.0. The molecule has 7 heteroatoms. The van der Waals surface area contributed by atoms with Crippen LogP contribution in [0.15, 0.2) is 24.3 Å².